The zero-order chi connectivity index (χ0) is 22.1. The molecular weight excluding hydrogens is 386 g/mol. The maximum Gasteiger partial charge on any atom is 0.426 e. The maximum atomic E-state index is 13.1. The number of rotatable bonds is 5. The van der Waals surface area contributed by atoms with Gasteiger partial charge in [-0.1, -0.05) is 12.1 Å². The molecule has 1 aromatic carbocycles. The Labute approximate surface area is 176 Å². The molecule has 30 heavy (non-hydrogen) atoms. The Kier molecular flexibility index (Phi) is 6.14. The number of amides is 4. The smallest absolute Gasteiger partial charge is 0.426 e. The molecule has 1 aliphatic carbocycles. The third-order valence-corrected chi connectivity index (χ3v) is 5.29. The van der Waals surface area contributed by atoms with Crippen LogP contribution in [-0.2, 0) is 20.7 Å². The van der Waals surface area contributed by atoms with E-state index in [0.29, 0.717) is 17.9 Å². The normalized spacial score (nSPS) is 19.8. The first-order valence-corrected chi connectivity index (χ1v) is 10.3. The van der Waals surface area contributed by atoms with Crippen molar-refractivity contribution in [2.75, 3.05) is 0 Å². The predicted octanol–water partition coefficient (Wildman–Crippen LogP) is 2.57. The maximum absolute atomic E-state index is 13.1. The summed E-state index contributed by atoms with van der Waals surface area (Å²) >= 11 is 0. The second kappa shape index (κ2) is 8.45. The van der Waals surface area contributed by atoms with Crippen molar-refractivity contribution >= 4 is 23.8 Å². The fourth-order valence-electron chi connectivity index (χ4n) is 3.51. The fourth-order valence-corrected chi connectivity index (χ4v) is 3.51. The van der Waals surface area contributed by atoms with Gasteiger partial charge in [0, 0.05) is 12.0 Å². The predicted molar refractivity (Wildman–Crippen MR) is 109 cm³/mol. The quantitative estimate of drug-likeness (QED) is 0.568. The van der Waals surface area contributed by atoms with Gasteiger partial charge in [0.25, 0.3) is 5.91 Å². The average molecular weight is 415 g/mol. The van der Waals surface area contributed by atoms with Crippen LogP contribution in [0.4, 0.5) is 4.79 Å². The monoisotopic (exact) mass is 415 g/mol. The van der Waals surface area contributed by atoms with Crippen LogP contribution in [-0.4, -0.2) is 40.5 Å². The molecule has 2 aliphatic rings. The van der Waals surface area contributed by atoms with E-state index in [1.54, 1.807) is 45.0 Å². The van der Waals surface area contributed by atoms with Gasteiger partial charge in [0.2, 0.25) is 11.8 Å². The summed E-state index contributed by atoms with van der Waals surface area (Å²) < 4.78 is 5.31. The van der Waals surface area contributed by atoms with Gasteiger partial charge in [0.15, 0.2) is 0 Å². The first kappa shape index (κ1) is 21.8. The van der Waals surface area contributed by atoms with Crippen LogP contribution >= 0.6 is 0 Å². The number of benzene rings is 1. The molecule has 8 heteroatoms. The van der Waals surface area contributed by atoms with Gasteiger partial charge in [-0.2, -0.15) is 0 Å². The molecule has 1 saturated heterocycles. The Hall–Kier alpha value is -2.90. The second-order valence-corrected chi connectivity index (χ2v) is 9.08. The van der Waals surface area contributed by atoms with Crippen LogP contribution in [0.1, 0.15) is 62.9 Å². The van der Waals surface area contributed by atoms with Gasteiger partial charge >= 0.3 is 6.09 Å². The summed E-state index contributed by atoms with van der Waals surface area (Å²) in [6, 6.07) is 6.75. The molecule has 0 spiro atoms. The lowest BCUT2D eigenvalue weighted by atomic mass is 9.97. The number of hydrogen-bond donors (Lipinski definition) is 2. The van der Waals surface area contributed by atoms with E-state index in [2.05, 4.69) is 10.7 Å². The minimum Gasteiger partial charge on any atom is -0.443 e. The van der Waals surface area contributed by atoms with Crippen LogP contribution in [0.5, 0.6) is 0 Å². The van der Waals surface area contributed by atoms with Crippen LogP contribution in [0.2, 0.25) is 0 Å². The number of imide groups is 1. The van der Waals surface area contributed by atoms with E-state index in [1.807, 2.05) is 6.92 Å². The van der Waals surface area contributed by atoms with Crippen molar-refractivity contribution in [1.29, 1.82) is 0 Å². The molecule has 0 bridgehead atoms. The van der Waals surface area contributed by atoms with Gasteiger partial charge in [0.05, 0.1) is 12.0 Å². The number of hydrazine groups is 1. The van der Waals surface area contributed by atoms with Crippen LogP contribution in [0.15, 0.2) is 24.3 Å². The molecule has 8 nitrogen and oxygen atoms in total. The number of nitrogens with zero attached hydrogens (tertiary/aromatic N) is 1. The third kappa shape index (κ3) is 5.58. The Morgan fingerprint density at radius 3 is 2.33 bits per heavy atom. The van der Waals surface area contributed by atoms with Crippen molar-refractivity contribution < 1.29 is 23.9 Å². The summed E-state index contributed by atoms with van der Waals surface area (Å²) in [4.78, 5) is 48.5. The molecule has 0 radical (unpaired) electrons. The van der Waals surface area contributed by atoms with Crippen molar-refractivity contribution in [3.8, 4) is 0 Å². The highest BCUT2D eigenvalue weighted by atomic mass is 16.6. The number of hydrogen-bond acceptors (Lipinski definition) is 5. The molecule has 0 unspecified atom stereocenters. The molecule has 1 aromatic rings. The summed E-state index contributed by atoms with van der Waals surface area (Å²) in [5.74, 6) is -0.859. The highest BCUT2D eigenvalue weighted by Gasteiger charge is 2.36. The van der Waals surface area contributed by atoms with Gasteiger partial charge in [-0.15, -0.1) is 0 Å². The van der Waals surface area contributed by atoms with Crippen molar-refractivity contribution in [3.05, 3.63) is 35.4 Å². The van der Waals surface area contributed by atoms with Crippen molar-refractivity contribution in [3.63, 3.8) is 0 Å². The number of ether oxygens (including phenoxy) is 1. The van der Waals surface area contributed by atoms with Crippen molar-refractivity contribution in [2.45, 2.75) is 65.0 Å². The van der Waals surface area contributed by atoms with Crippen LogP contribution in [0.3, 0.4) is 0 Å². The largest absolute Gasteiger partial charge is 0.443 e. The molecule has 2 N–H and O–H groups in total. The Balaban J connectivity index is 1.69. The Bertz CT molecular complexity index is 839. The molecule has 1 saturated carbocycles. The molecule has 0 aromatic heterocycles. The van der Waals surface area contributed by atoms with E-state index in [0.717, 1.165) is 18.4 Å². The van der Waals surface area contributed by atoms with Crippen molar-refractivity contribution in [1.82, 2.24) is 15.8 Å². The topological polar surface area (TPSA) is 105 Å². The van der Waals surface area contributed by atoms with E-state index in [-0.39, 0.29) is 36.1 Å². The SMILES string of the molecule is C[C@@H](C1CC1)N(NC(=O)OC(C)(C)C)C(=O)c1ccc(C[C@@H]2CC(=O)NC2=O)cc1. The third-order valence-electron chi connectivity index (χ3n) is 5.29. The molecule has 3 rings (SSSR count). The van der Waals surface area contributed by atoms with Crippen molar-refractivity contribution in [2.24, 2.45) is 11.8 Å². The molecule has 4 amide bonds. The zero-order valence-corrected chi connectivity index (χ0v) is 17.9. The molecule has 1 aliphatic heterocycles. The van der Waals surface area contributed by atoms with E-state index in [4.69, 9.17) is 4.74 Å². The number of carbonyl (C=O) groups is 4. The Morgan fingerprint density at radius 1 is 1.20 bits per heavy atom. The van der Waals surface area contributed by atoms with Crippen LogP contribution < -0.4 is 10.7 Å². The molecule has 2 fully saturated rings. The summed E-state index contributed by atoms with van der Waals surface area (Å²) in [5, 5.41) is 3.66. The summed E-state index contributed by atoms with van der Waals surface area (Å²) in [6.07, 6.45) is 1.98. The first-order valence-electron chi connectivity index (χ1n) is 10.3. The molecular formula is C22H29N3O5. The van der Waals surface area contributed by atoms with E-state index >= 15 is 0 Å². The van der Waals surface area contributed by atoms with E-state index < -0.39 is 11.7 Å². The standard InChI is InChI=1S/C22H29N3O5/c1-13(15-9-10-15)25(24-21(29)30-22(2,3)4)20(28)16-7-5-14(6-8-16)11-17-12-18(26)23-19(17)27/h5-8,13,15,17H,9-12H2,1-4H3,(H,24,29)(H,23,26,27)/t13-,17+/m0/s1. The molecule has 162 valence electrons. The minimum absolute atomic E-state index is 0.155. The second-order valence-electron chi connectivity index (χ2n) is 9.08. The minimum atomic E-state index is -0.670. The molecule has 1 heterocycles. The van der Waals surface area contributed by atoms with Crippen LogP contribution in [0.25, 0.3) is 0 Å². The lowest BCUT2D eigenvalue weighted by molar-refractivity contribution is -0.125. The summed E-state index contributed by atoms with van der Waals surface area (Å²) in [7, 11) is 0. The average Bonchev–Trinajstić information content (AvgIpc) is 3.44. The highest BCUT2D eigenvalue weighted by molar-refractivity contribution is 6.03. The van der Waals surface area contributed by atoms with Crippen LogP contribution in [0, 0.1) is 11.8 Å². The Morgan fingerprint density at radius 2 is 1.83 bits per heavy atom. The number of carbonyl (C=O) groups excluding carboxylic acids is 4. The number of nitrogens with one attached hydrogen (secondary N) is 2. The lowest BCUT2D eigenvalue weighted by Crippen LogP contribution is -2.52. The fraction of sp³-hybridized carbons (Fsp3) is 0.545. The van der Waals surface area contributed by atoms with Gasteiger partial charge in [-0.3, -0.25) is 19.7 Å². The molecule has 2 atom stereocenters. The lowest BCUT2D eigenvalue weighted by Gasteiger charge is -2.31. The first-order chi connectivity index (χ1) is 14.0. The van der Waals surface area contributed by atoms with Gasteiger partial charge in [0.1, 0.15) is 5.60 Å². The van der Waals surface area contributed by atoms with Gasteiger partial charge in [-0.25, -0.2) is 15.2 Å². The van der Waals surface area contributed by atoms with Gasteiger partial charge < -0.3 is 4.74 Å². The highest BCUT2D eigenvalue weighted by Crippen LogP contribution is 2.35. The van der Waals surface area contributed by atoms with E-state index in [1.165, 1.54) is 5.01 Å². The zero-order valence-electron chi connectivity index (χ0n) is 17.9. The summed E-state index contributed by atoms with van der Waals surface area (Å²) in [5.41, 5.74) is 3.23. The van der Waals surface area contributed by atoms with E-state index in [9.17, 15) is 19.2 Å². The van der Waals surface area contributed by atoms with Gasteiger partial charge in [-0.05, 0) is 70.6 Å². The summed E-state index contributed by atoms with van der Waals surface area (Å²) in [6.45, 7) is 7.21.